The molecule has 0 bridgehead atoms. The van der Waals surface area contributed by atoms with E-state index in [9.17, 15) is 13.2 Å². The molecule has 8 heteroatoms. The first-order valence-corrected chi connectivity index (χ1v) is 12.8. The Morgan fingerprint density at radius 2 is 1.69 bits per heavy atom. The van der Waals surface area contributed by atoms with E-state index in [0.29, 0.717) is 44.0 Å². The van der Waals surface area contributed by atoms with Gasteiger partial charge in [-0.15, -0.1) is 0 Å². The number of carbonyl (C=O) groups excluding carboxylic acids is 1. The van der Waals surface area contributed by atoms with E-state index < -0.39 is 15.6 Å². The van der Waals surface area contributed by atoms with E-state index in [1.165, 1.54) is 9.87 Å². The predicted octanol–water partition coefficient (Wildman–Crippen LogP) is 4.58. The van der Waals surface area contributed by atoms with Crippen LogP contribution in [0.1, 0.15) is 40.7 Å². The monoisotopic (exact) mass is 476 g/mol. The molecule has 2 saturated heterocycles. The molecule has 0 unspecified atom stereocenters. The summed E-state index contributed by atoms with van der Waals surface area (Å²) in [6.45, 7) is 7.46. The fraction of sp³-hybridized carbons (Fsp3) is 0.458. The van der Waals surface area contributed by atoms with Crippen LogP contribution in [0.2, 0.25) is 5.02 Å². The highest BCUT2D eigenvalue weighted by atomic mass is 35.5. The first-order valence-electron chi connectivity index (χ1n) is 10.8. The number of aryl methyl sites for hydroxylation is 3. The molecular weight excluding hydrogens is 448 g/mol. The van der Waals surface area contributed by atoms with Crippen molar-refractivity contribution in [2.24, 2.45) is 0 Å². The summed E-state index contributed by atoms with van der Waals surface area (Å²) in [6.07, 6.45) is 0.677. The third-order valence-corrected chi connectivity index (χ3v) is 8.75. The number of nitrogens with zero attached hydrogens (tertiary/aromatic N) is 2. The van der Waals surface area contributed by atoms with Gasteiger partial charge in [0, 0.05) is 37.5 Å². The summed E-state index contributed by atoms with van der Waals surface area (Å²) < 4.78 is 33.5. The van der Waals surface area contributed by atoms with E-state index in [-0.39, 0.29) is 11.8 Å². The number of sulfonamides is 1. The van der Waals surface area contributed by atoms with Crippen LogP contribution in [-0.4, -0.2) is 49.0 Å². The lowest BCUT2D eigenvalue weighted by Gasteiger charge is -2.36. The number of carbonyl (C=O) groups is 1. The van der Waals surface area contributed by atoms with Crippen LogP contribution in [0.15, 0.2) is 36.4 Å². The summed E-state index contributed by atoms with van der Waals surface area (Å²) in [4.78, 5) is 14.2. The minimum atomic E-state index is -3.48. The van der Waals surface area contributed by atoms with Crippen LogP contribution in [0.3, 0.4) is 0 Å². The molecule has 0 aliphatic carbocycles. The molecule has 172 valence electrons. The number of hydrogen-bond acceptors (Lipinski definition) is 4. The average Bonchev–Trinajstić information content (AvgIpc) is 3.02. The van der Waals surface area contributed by atoms with Gasteiger partial charge in [-0.3, -0.25) is 4.90 Å². The molecule has 1 amide bonds. The molecular formula is C24H29ClN2O4S. The van der Waals surface area contributed by atoms with Gasteiger partial charge in [0.2, 0.25) is 10.0 Å². The molecule has 0 atom stereocenters. The summed E-state index contributed by atoms with van der Waals surface area (Å²) in [5.74, 6) is -0.0524. The Balaban J connectivity index is 1.39. The van der Waals surface area contributed by atoms with Crippen LogP contribution in [-0.2, 0) is 27.1 Å². The highest BCUT2D eigenvalue weighted by Gasteiger charge is 2.48. The molecule has 0 aromatic heterocycles. The lowest BCUT2D eigenvalue weighted by Crippen LogP contribution is -2.48. The zero-order chi connectivity index (χ0) is 23.1. The molecule has 0 N–H and O–H groups in total. The first kappa shape index (κ1) is 23.1. The number of halogens is 1. The van der Waals surface area contributed by atoms with Crippen molar-refractivity contribution in [3.63, 3.8) is 0 Å². The van der Waals surface area contributed by atoms with Crippen molar-refractivity contribution < 1.29 is 17.9 Å². The molecule has 2 aromatic rings. The maximum Gasteiger partial charge on any atom is 0.410 e. The van der Waals surface area contributed by atoms with Gasteiger partial charge >= 0.3 is 6.09 Å². The van der Waals surface area contributed by atoms with E-state index in [0.717, 1.165) is 22.3 Å². The van der Waals surface area contributed by atoms with Crippen molar-refractivity contribution in [1.82, 2.24) is 9.21 Å². The zero-order valence-electron chi connectivity index (χ0n) is 18.7. The Bertz CT molecular complexity index is 1120. The normalized spacial score (nSPS) is 18.9. The molecule has 1 spiro atoms. The molecule has 2 aromatic carbocycles. The van der Waals surface area contributed by atoms with Crippen LogP contribution in [0.25, 0.3) is 0 Å². The Morgan fingerprint density at radius 3 is 2.34 bits per heavy atom. The summed E-state index contributed by atoms with van der Waals surface area (Å²) in [5, 5.41) is 0.641. The number of rotatable bonds is 5. The molecule has 2 fully saturated rings. The quantitative estimate of drug-likeness (QED) is 0.633. The van der Waals surface area contributed by atoms with Gasteiger partial charge in [-0.1, -0.05) is 47.5 Å². The predicted molar refractivity (Wildman–Crippen MR) is 125 cm³/mol. The average molecular weight is 477 g/mol. The molecule has 2 aliphatic rings. The maximum absolute atomic E-state index is 13.1. The van der Waals surface area contributed by atoms with Gasteiger partial charge < -0.3 is 4.74 Å². The van der Waals surface area contributed by atoms with Crippen LogP contribution in [0.5, 0.6) is 0 Å². The van der Waals surface area contributed by atoms with Gasteiger partial charge in [-0.05, 0) is 49.1 Å². The maximum atomic E-state index is 13.1. The summed E-state index contributed by atoms with van der Waals surface area (Å²) in [6, 6.07) is 11.8. The van der Waals surface area contributed by atoms with Crippen LogP contribution in [0, 0.1) is 20.8 Å². The molecule has 6 nitrogen and oxygen atoms in total. The Kier molecular flexibility index (Phi) is 6.27. The zero-order valence-corrected chi connectivity index (χ0v) is 20.3. The van der Waals surface area contributed by atoms with Crippen molar-refractivity contribution in [3.05, 3.63) is 69.2 Å². The van der Waals surface area contributed by atoms with Crippen molar-refractivity contribution in [3.8, 4) is 0 Å². The number of ether oxygens (including phenoxy) is 1. The van der Waals surface area contributed by atoms with E-state index in [2.05, 4.69) is 0 Å². The summed E-state index contributed by atoms with van der Waals surface area (Å²) >= 11 is 6.15. The highest BCUT2D eigenvalue weighted by molar-refractivity contribution is 7.88. The smallest absolute Gasteiger partial charge is 0.410 e. The van der Waals surface area contributed by atoms with Gasteiger partial charge in [0.05, 0.1) is 12.3 Å². The summed E-state index contributed by atoms with van der Waals surface area (Å²) in [7, 11) is -3.48. The number of benzene rings is 2. The van der Waals surface area contributed by atoms with Crippen molar-refractivity contribution >= 4 is 27.7 Å². The molecule has 0 radical (unpaired) electrons. The minimum Gasteiger partial charge on any atom is -0.441 e. The van der Waals surface area contributed by atoms with E-state index in [1.54, 1.807) is 4.90 Å². The van der Waals surface area contributed by atoms with Crippen molar-refractivity contribution in [1.29, 1.82) is 0 Å². The number of hydrogen-bond donors (Lipinski definition) is 0. The molecule has 0 saturated carbocycles. The topological polar surface area (TPSA) is 66.9 Å². The molecule has 4 rings (SSSR count). The largest absolute Gasteiger partial charge is 0.441 e. The van der Waals surface area contributed by atoms with Gasteiger partial charge in [0.1, 0.15) is 5.60 Å². The molecule has 2 heterocycles. The number of amides is 1. The fourth-order valence-electron chi connectivity index (χ4n) is 4.44. The van der Waals surface area contributed by atoms with Gasteiger partial charge in [-0.2, -0.15) is 0 Å². The first-order chi connectivity index (χ1) is 15.1. The minimum absolute atomic E-state index is 0.0524. The standard InChI is InChI=1S/C24H29ClN2O4S/c1-17-4-6-20(7-5-17)14-26-16-24(31-23(26)28)8-10-27(11-9-24)32(29,30)15-21-12-19(3)22(25)13-18(21)2/h4-7,12-13H,8-11,14-16H2,1-3H3. The summed E-state index contributed by atoms with van der Waals surface area (Å²) in [5.41, 5.74) is 4.12. The Hall–Kier alpha value is -2.09. The van der Waals surface area contributed by atoms with E-state index in [1.807, 2.05) is 57.2 Å². The molecule has 2 aliphatic heterocycles. The van der Waals surface area contributed by atoms with E-state index in [4.69, 9.17) is 16.3 Å². The second-order valence-electron chi connectivity index (χ2n) is 9.08. The SMILES string of the molecule is Cc1ccc(CN2CC3(CCN(S(=O)(=O)Cc4cc(C)c(Cl)cc4C)CC3)OC2=O)cc1. The van der Waals surface area contributed by atoms with Crippen molar-refractivity contribution in [2.45, 2.75) is 51.5 Å². The lowest BCUT2D eigenvalue weighted by atomic mass is 9.92. The third kappa shape index (κ3) is 4.80. The number of piperidine rings is 1. The Labute approximate surface area is 195 Å². The van der Waals surface area contributed by atoms with Crippen LogP contribution >= 0.6 is 11.6 Å². The van der Waals surface area contributed by atoms with Gasteiger partial charge in [0.25, 0.3) is 0 Å². The van der Waals surface area contributed by atoms with Crippen molar-refractivity contribution in [2.75, 3.05) is 19.6 Å². The van der Waals surface area contributed by atoms with Gasteiger partial charge in [0.15, 0.2) is 0 Å². The van der Waals surface area contributed by atoms with Crippen LogP contribution in [0.4, 0.5) is 4.79 Å². The second-order valence-corrected chi connectivity index (χ2v) is 11.5. The van der Waals surface area contributed by atoms with Gasteiger partial charge in [-0.25, -0.2) is 17.5 Å². The van der Waals surface area contributed by atoms with E-state index >= 15 is 0 Å². The highest BCUT2D eigenvalue weighted by Crippen LogP contribution is 2.35. The Morgan fingerprint density at radius 1 is 1.03 bits per heavy atom. The second kappa shape index (κ2) is 8.69. The fourth-order valence-corrected chi connectivity index (χ4v) is 6.29. The lowest BCUT2D eigenvalue weighted by molar-refractivity contribution is 0.0172. The molecule has 32 heavy (non-hydrogen) atoms. The van der Waals surface area contributed by atoms with Crippen LogP contribution < -0.4 is 0 Å². The third-order valence-electron chi connectivity index (χ3n) is 6.52.